The van der Waals surface area contributed by atoms with Crippen molar-refractivity contribution in [2.75, 3.05) is 11.9 Å². The number of halogens is 1. The summed E-state index contributed by atoms with van der Waals surface area (Å²) in [7, 11) is 0. The molecule has 0 radical (unpaired) electrons. The Bertz CT molecular complexity index is 551. The molecule has 18 heavy (non-hydrogen) atoms. The molecule has 1 heterocycles. The van der Waals surface area contributed by atoms with Gasteiger partial charge in [0.15, 0.2) is 0 Å². The van der Waals surface area contributed by atoms with Crippen molar-refractivity contribution < 1.29 is 4.74 Å². The first-order valence-corrected chi connectivity index (χ1v) is 7.13. The van der Waals surface area contributed by atoms with Gasteiger partial charge in [0, 0.05) is 22.2 Å². The van der Waals surface area contributed by atoms with Crippen molar-refractivity contribution in [1.29, 1.82) is 0 Å². The first-order chi connectivity index (χ1) is 8.81. The van der Waals surface area contributed by atoms with Crippen molar-refractivity contribution in [2.24, 2.45) is 0 Å². The molecule has 0 amide bonds. The van der Waals surface area contributed by atoms with Crippen molar-refractivity contribution in [1.82, 2.24) is 0 Å². The maximum Gasteiger partial charge on any atom is 0.122 e. The summed E-state index contributed by atoms with van der Waals surface area (Å²) in [6.45, 7) is 1.68. The Morgan fingerprint density at radius 3 is 2.78 bits per heavy atom. The number of hydrogen-bond acceptors (Lipinski definition) is 2. The van der Waals surface area contributed by atoms with Gasteiger partial charge in [-0.3, -0.25) is 0 Å². The highest BCUT2D eigenvalue weighted by atomic mass is 127. The van der Waals surface area contributed by atoms with Crippen molar-refractivity contribution in [3.05, 3.63) is 57.2 Å². The van der Waals surface area contributed by atoms with E-state index in [1.165, 1.54) is 14.7 Å². The highest BCUT2D eigenvalue weighted by Gasteiger charge is 2.11. The fraction of sp³-hybridized carbons (Fsp3) is 0.200. The fourth-order valence-electron chi connectivity index (χ4n) is 2.12. The molecule has 0 saturated carbocycles. The van der Waals surface area contributed by atoms with E-state index in [2.05, 4.69) is 70.4 Å². The maximum absolute atomic E-state index is 5.51. The lowest BCUT2D eigenvalue weighted by atomic mass is 10.1. The third kappa shape index (κ3) is 2.61. The summed E-state index contributed by atoms with van der Waals surface area (Å²) in [5.74, 6) is 1.05. The van der Waals surface area contributed by atoms with E-state index < -0.39 is 0 Å². The number of fused-ring (bicyclic) bond motifs is 1. The van der Waals surface area contributed by atoms with Gasteiger partial charge in [-0.15, -0.1) is 0 Å². The van der Waals surface area contributed by atoms with Crippen LogP contribution < -0.4 is 10.1 Å². The van der Waals surface area contributed by atoms with Crippen LogP contribution in [0.3, 0.4) is 0 Å². The highest BCUT2D eigenvalue weighted by Crippen LogP contribution is 2.26. The van der Waals surface area contributed by atoms with Gasteiger partial charge in [-0.1, -0.05) is 12.1 Å². The zero-order valence-electron chi connectivity index (χ0n) is 9.95. The second-order valence-corrected chi connectivity index (χ2v) is 5.65. The van der Waals surface area contributed by atoms with Crippen LogP contribution in [-0.4, -0.2) is 6.61 Å². The number of ether oxygens (including phenoxy) is 1. The van der Waals surface area contributed by atoms with Crippen LogP contribution in [0.5, 0.6) is 5.75 Å². The fourth-order valence-corrected chi connectivity index (χ4v) is 2.48. The Morgan fingerprint density at radius 2 is 1.94 bits per heavy atom. The van der Waals surface area contributed by atoms with Crippen molar-refractivity contribution in [3.63, 3.8) is 0 Å². The van der Waals surface area contributed by atoms with Crippen LogP contribution in [0.4, 0.5) is 5.69 Å². The van der Waals surface area contributed by atoms with Crippen LogP contribution in [0.1, 0.15) is 11.1 Å². The van der Waals surface area contributed by atoms with Crippen LogP contribution in [0.25, 0.3) is 0 Å². The van der Waals surface area contributed by atoms with Gasteiger partial charge in [0.25, 0.3) is 0 Å². The molecular weight excluding hydrogens is 337 g/mol. The molecule has 0 spiro atoms. The van der Waals surface area contributed by atoms with Gasteiger partial charge in [0.1, 0.15) is 5.75 Å². The molecule has 1 aliphatic rings. The molecule has 1 aliphatic heterocycles. The second kappa shape index (κ2) is 5.18. The summed E-state index contributed by atoms with van der Waals surface area (Å²) < 4.78 is 6.77. The number of anilines is 1. The SMILES string of the molecule is Ic1ccc(NCc2ccc3c(c2)CCO3)cc1. The molecule has 0 saturated heterocycles. The third-order valence-corrected chi connectivity index (χ3v) is 3.81. The van der Waals surface area contributed by atoms with E-state index in [0.29, 0.717) is 0 Å². The summed E-state index contributed by atoms with van der Waals surface area (Å²) in [4.78, 5) is 0. The van der Waals surface area contributed by atoms with Crippen LogP contribution >= 0.6 is 22.6 Å². The van der Waals surface area contributed by atoms with E-state index in [1.54, 1.807) is 0 Å². The smallest absolute Gasteiger partial charge is 0.122 e. The van der Waals surface area contributed by atoms with Gasteiger partial charge in [-0.05, 0) is 64.0 Å². The van der Waals surface area contributed by atoms with Crippen LogP contribution in [-0.2, 0) is 13.0 Å². The normalized spacial score (nSPS) is 12.9. The number of benzene rings is 2. The Kier molecular flexibility index (Phi) is 3.41. The van der Waals surface area contributed by atoms with Crippen molar-refractivity contribution in [2.45, 2.75) is 13.0 Å². The third-order valence-electron chi connectivity index (χ3n) is 3.09. The second-order valence-electron chi connectivity index (χ2n) is 4.40. The lowest BCUT2D eigenvalue weighted by molar-refractivity contribution is 0.357. The minimum Gasteiger partial charge on any atom is -0.493 e. The number of nitrogens with one attached hydrogen (secondary N) is 1. The number of hydrogen-bond donors (Lipinski definition) is 1. The molecule has 0 aromatic heterocycles. The average molecular weight is 351 g/mol. The van der Waals surface area contributed by atoms with E-state index in [-0.39, 0.29) is 0 Å². The quantitative estimate of drug-likeness (QED) is 0.849. The lowest BCUT2D eigenvalue weighted by Crippen LogP contribution is -1.99. The Balaban J connectivity index is 1.68. The van der Waals surface area contributed by atoms with Gasteiger partial charge in [-0.25, -0.2) is 0 Å². The standard InChI is InChI=1S/C15H14INO/c16-13-2-4-14(5-3-13)17-10-11-1-6-15-12(9-11)7-8-18-15/h1-6,9,17H,7-8,10H2. The van der Waals surface area contributed by atoms with E-state index >= 15 is 0 Å². The van der Waals surface area contributed by atoms with E-state index in [9.17, 15) is 0 Å². The highest BCUT2D eigenvalue weighted by molar-refractivity contribution is 14.1. The Hall–Kier alpha value is -1.23. The molecule has 3 heteroatoms. The molecule has 0 fully saturated rings. The first kappa shape index (κ1) is 11.8. The van der Waals surface area contributed by atoms with Crippen LogP contribution in [0.15, 0.2) is 42.5 Å². The molecule has 0 bridgehead atoms. The molecule has 92 valence electrons. The van der Waals surface area contributed by atoms with Gasteiger partial charge in [0.2, 0.25) is 0 Å². The molecule has 0 unspecified atom stereocenters. The summed E-state index contributed by atoms with van der Waals surface area (Å²) in [5.41, 5.74) is 3.79. The molecule has 2 aromatic carbocycles. The van der Waals surface area contributed by atoms with Crippen LogP contribution in [0.2, 0.25) is 0 Å². The van der Waals surface area contributed by atoms with Crippen LogP contribution in [0, 0.1) is 3.57 Å². The minimum atomic E-state index is 0.823. The van der Waals surface area contributed by atoms with E-state index in [4.69, 9.17) is 4.74 Å². The van der Waals surface area contributed by atoms with Gasteiger partial charge in [-0.2, -0.15) is 0 Å². The molecular formula is C15H14INO. The monoisotopic (exact) mass is 351 g/mol. The average Bonchev–Trinajstić information content (AvgIpc) is 2.85. The Labute approximate surface area is 121 Å². The molecule has 0 atom stereocenters. The predicted molar refractivity (Wildman–Crippen MR) is 82.1 cm³/mol. The lowest BCUT2D eigenvalue weighted by Gasteiger charge is -2.08. The maximum atomic E-state index is 5.51. The number of rotatable bonds is 3. The summed E-state index contributed by atoms with van der Waals surface area (Å²) >= 11 is 2.31. The van der Waals surface area contributed by atoms with Gasteiger partial charge >= 0.3 is 0 Å². The molecule has 1 N–H and O–H groups in total. The van der Waals surface area contributed by atoms with E-state index in [1.807, 2.05) is 0 Å². The van der Waals surface area contributed by atoms with E-state index in [0.717, 1.165) is 31.0 Å². The molecule has 2 nitrogen and oxygen atoms in total. The first-order valence-electron chi connectivity index (χ1n) is 6.05. The topological polar surface area (TPSA) is 21.3 Å². The zero-order chi connectivity index (χ0) is 12.4. The summed E-state index contributed by atoms with van der Waals surface area (Å²) in [5, 5.41) is 3.44. The zero-order valence-corrected chi connectivity index (χ0v) is 12.1. The van der Waals surface area contributed by atoms with Gasteiger partial charge in [0.05, 0.1) is 6.61 Å². The minimum absolute atomic E-state index is 0.823. The van der Waals surface area contributed by atoms with Crippen molar-refractivity contribution >= 4 is 28.3 Å². The molecule has 2 aromatic rings. The Morgan fingerprint density at radius 1 is 1.11 bits per heavy atom. The largest absolute Gasteiger partial charge is 0.493 e. The summed E-state index contributed by atoms with van der Waals surface area (Å²) in [6, 6.07) is 14.9. The van der Waals surface area contributed by atoms with Crippen molar-refractivity contribution in [3.8, 4) is 5.75 Å². The van der Waals surface area contributed by atoms with Gasteiger partial charge < -0.3 is 10.1 Å². The predicted octanol–water partition coefficient (Wildman–Crippen LogP) is 3.84. The summed E-state index contributed by atoms with van der Waals surface area (Å²) in [6.07, 6.45) is 1.03. The molecule has 3 rings (SSSR count). The molecule has 0 aliphatic carbocycles.